The molecule has 0 bridgehead atoms. The third-order valence-corrected chi connectivity index (χ3v) is 3.62. The first-order valence-corrected chi connectivity index (χ1v) is 6.67. The number of carbonyl (C=O) groups excluding carboxylic acids is 2. The Morgan fingerprint density at radius 2 is 2.20 bits per heavy atom. The molecule has 20 heavy (non-hydrogen) atoms. The van der Waals surface area contributed by atoms with Gasteiger partial charge in [0, 0.05) is 26.8 Å². The molecule has 6 nitrogen and oxygen atoms in total. The maximum absolute atomic E-state index is 12.0. The number of para-hydroxylation sites is 1. The average molecular weight is 274 g/mol. The monoisotopic (exact) mass is 274 g/mol. The Balaban J connectivity index is 0.00000161. The zero-order chi connectivity index (χ0) is 14.3. The Kier molecular flexibility index (Phi) is 2.93. The predicted molar refractivity (Wildman–Crippen MR) is 77.7 cm³/mol. The van der Waals surface area contributed by atoms with E-state index in [1.165, 1.54) is 10.5 Å². The van der Waals surface area contributed by atoms with Crippen LogP contribution in [0.5, 0.6) is 0 Å². The number of nitrogens with one attached hydrogen (secondary N) is 1. The van der Waals surface area contributed by atoms with Crippen molar-refractivity contribution in [2.45, 2.75) is 19.8 Å². The Bertz CT molecular complexity index is 710. The highest BCUT2D eigenvalue weighted by molar-refractivity contribution is 6.09. The van der Waals surface area contributed by atoms with Crippen LogP contribution in [0.25, 0.3) is 10.9 Å². The molecule has 3 rings (SSSR count). The number of benzene rings is 1. The largest absolute Gasteiger partial charge is 0.329 e. The van der Waals surface area contributed by atoms with Gasteiger partial charge in [-0.15, -0.1) is 0 Å². The molecule has 1 saturated heterocycles. The minimum absolute atomic E-state index is 0. The summed E-state index contributed by atoms with van der Waals surface area (Å²) in [7, 11) is 1.87. The lowest BCUT2D eigenvalue weighted by atomic mass is 10.1. The molecule has 3 amide bonds. The molecule has 1 fully saturated rings. The van der Waals surface area contributed by atoms with Gasteiger partial charge in [0.2, 0.25) is 5.91 Å². The van der Waals surface area contributed by atoms with E-state index in [1.54, 1.807) is 4.68 Å². The fourth-order valence-corrected chi connectivity index (χ4v) is 2.65. The van der Waals surface area contributed by atoms with Gasteiger partial charge in [0.25, 0.3) is 0 Å². The van der Waals surface area contributed by atoms with Crippen molar-refractivity contribution in [3.05, 3.63) is 23.8 Å². The maximum Gasteiger partial charge on any atom is 0.329 e. The number of amides is 3. The molecular formula is C14H18N4O2. The number of rotatable bonds is 2. The van der Waals surface area contributed by atoms with E-state index in [1.807, 2.05) is 19.2 Å². The van der Waals surface area contributed by atoms with E-state index in [-0.39, 0.29) is 7.33 Å². The molecule has 0 saturated carbocycles. The van der Waals surface area contributed by atoms with Crippen LogP contribution < -0.4 is 10.2 Å². The Morgan fingerprint density at radius 1 is 1.40 bits per heavy atom. The molecule has 106 valence electrons. The van der Waals surface area contributed by atoms with Gasteiger partial charge in [0.1, 0.15) is 0 Å². The second-order valence-electron chi connectivity index (χ2n) is 4.87. The lowest BCUT2D eigenvalue weighted by molar-refractivity contribution is -0.120. The highest BCUT2D eigenvalue weighted by Crippen LogP contribution is 2.29. The van der Waals surface area contributed by atoms with Crippen LogP contribution in [0.2, 0.25) is 0 Å². The van der Waals surface area contributed by atoms with Crippen LogP contribution in [0.4, 0.5) is 10.6 Å². The summed E-state index contributed by atoms with van der Waals surface area (Å²) in [6.45, 7) is 2.46. The molecule has 0 spiro atoms. The molecule has 1 aromatic carbocycles. The third kappa shape index (κ3) is 1.84. The number of aryl methyl sites for hydroxylation is 2. The van der Waals surface area contributed by atoms with E-state index < -0.39 is 6.03 Å². The Hall–Kier alpha value is -2.37. The number of nitrogens with zero attached hydrogens (tertiary/aromatic N) is 3. The molecular weight excluding hydrogens is 256 g/mol. The molecule has 0 radical (unpaired) electrons. The van der Waals surface area contributed by atoms with Crippen molar-refractivity contribution in [1.29, 1.82) is 0 Å². The van der Waals surface area contributed by atoms with E-state index in [2.05, 4.69) is 23.4 Å². The minimum atomic E-state index is -0.400. The van der Waals surface area contributed by atoms with Gasteiger partial charge < -0.3 is 0 Å². The van der Waals surface area contributed by atoms with Crippen LogP contribution in [-0.4, -0.2) is 28.3 Å². The normalized spacial score (nSPS) is 15.8. The smallest absolute Gasteiger partial charge is 0.278 e. The highest BCUT2D eigenvalue weighted by Gasteiger charge is 2.28. The van der Waals surface area contributed by atoms with Crippen molar-refractivity contribution in [1.82, 2.24) is 15.1 Å². The summed E-state index contributed by atoms with van der Waals surface area (Å²) in [5.41, 5.74) is 2.23. The van der Waals surface area contributed by atoms with Crippen molar-refractivity contribution >= 4 is 28.7 Å². The van der Waals surface area contributed by atoms with Crippen LogP contribution in [0, 0.1) is 0 Å². The molecule has 6 heteroatoms. The van der Waals surface area contributed by atoms with Gasteiger partial charge in [0.05, 0.1) is 5.52 Å². The fraction of sp³-hybridized carbons (Fsp3) is 0.357. The number of anilines is 1. The lowest BCUT2D eigenvalue weighted by Gasteiger charge is -2.24. The van der Waals surface area contributed by atoms with Crippen LogP contribution in [-0.2, 0) is 18.3 Å². The quantitative estimate of drug-likeness (QED) is 0.908. The van der Waals surface area contributed by atoms with E-state index >= 15 is 0 Å². The van der Waals surface area contributed by atoms with Gasteiger partial charge in [-0.05, 0) is 18.1 Å². The summed E-state index contributed by atoms with van der Waals surface area (Å²) in [6, 6.07) is 5.59. The van der Waals surface area contributed by atoms with Gasteiger partial charge in [-0.2, -0.15) is 5.10 Å². The topological polar surface area (TPSA) is 67.2 Å². The van der Waals surface area contributed by atoms with Crippen molar-refractivity contribution < 1.29 is 11.0 Å². The van der Waals surface area contributed by atoms with E-state index in [0.717, 1.165) is 17.3 Å². The summed E-state index contributed by atoms with van der Waals surface area (Å²) in [5, 5.41) is 7.74. The first kappa shape index (κ1) is 12.7. The zero-order valence-corrected chi connectivity index (χ0v) is 11.5. The average Bonchev–Trinajstić information content (AvgIpc) is 2.76. The van der Waals surface area contributed by atoms with Crippen molar-refractivity contribution in [2.24, 2.45) is 7.05 Å². The summed E-state index contributed by atoms with van der Waals surface area (Å²) in [6.07, 6.45) is 1.21. The van der Waals surface area contributed by atoms with Crippen LogP contribution in [0.3, 0.4) is 0 Å². The molecule has 1 aliphatic heterocycles. The molecule has 1 aromatic heterocycles. The van der Waals surface area contributed by atoms with Crippen molar-refractivity contribution in [3.8, 4) is 0 Å². The Labute approximate surface area is 117 Å². The van der Waals surface area contributed by atoms with Gasteiger partial charge in [-0.1, -0.05) is 19.1 Å². The molecule has 0 unspecified atom stereocenters. The van der Waals surface area contributed by atoms with E-state index in [9.17, 15) is 9.59 Å². The second kappa shape index (κ2) is 4.63. The summed E-state index contributed by atoms with van der Waals surface area (Å²) < 4.78 is 1.80. The van der Waals surface area contributed by atoms with Gasteiger partial charge >= 0.3 is 6.03 Å². The Morgan fingerprint density at radius 3 is 2.90 bits per heavy atom. The number of urea groups is 1. The number of aromatic nitrogens is 2. The number of imide groups is 1. The van der Waals surface area contributed by atoms with E-state index in [4.69, 9.17) is 0 Å². The fourth-order valence-electron chi connectivity index (χ4n) is 2.65. The second-order valence-corrected chi connectivity index (χ2v) is 4.87. The zero-order valence-electron chi connectivity index (χ0n) is 11.5. The molecule has 1 aliphatic rings. The number of fused-ring (bicyclic) bond motifs is 1. The molecule has 2 aromatic rings. The molecule has 2 heterocycles. The first-order valence-electron chi connectivity index (χ1n) is 6.67. The maximum atomic E-state index is 12.0. The number of hydrogen-bond donors (Lipinski definition) is 1. The van der Waals surface area contributed by atoms with E-state index in [0.29, 0.717) is 18.8 Å². The minimum Gasteiger partial charge on any atom is -0.278 e. The van der Waals surface area contributed by atoms with Crippen molar-refractivity contribution in [2.75, 3.05) is 11.4 Å². The van der Waals surface area contributed by atoms with Crippen LogP contribution in [0.15, 0.2) is 18.2 Å². The summed E-state index contributed by atoms with van der Waals surface area (Å²) in [4.78, 5) is 24.7. The summed E-state index contributed by atoms with van der Waals surface area (Å²) >= 11 is 0. The van der Waals surface area contributed by atoms with Gasteiger partial charge in [-0.3, -0.25) is 19.7 Å². The molecule has 1 N–H and O–H groups in total. The van der Waals surface area contributed by atoms with Crippen molar-refractivity contribution in [3.63, 3.8) is 0 Å². The molecule has 0 atom stereocenters. The third-order valence-electron chi connectivity index (χ3n) is 3.62. The van der Waals surface area contributed by atoms with Gasteiger partial charge in [0.15, 0.2) is 5.82 Å². The lowest BCUT2D eigenvalue weighted by Crippen LogP contribution is -2.49. The SMILES string of the molecule is CCc1cccc2c(N3CCC(=O)NC3=O)nn(C)c12.[HH]. The number of carbonyl (C=O) groups is 2. The first-order chi connectivity index (χ1) is 9.61. The van der Waals surface area contributed by atoms with Gasteiger partial charge in [-0.25, -0.2) is 4.79 Å². The highest BCUT2D eigenvalue weighted by atomic mass is 16.2. The molecule has 0 aliphatic carbocycles. The van der Waals surface area contributed by atoms with Crippen LogP contribution >= 0.6 is 0 Å². The van der Waals surface area contributed by atoms with Crippen LogP contribution in [0.1, 0.15) is 20.3 Å². The number of hydrogen-bond acceptors (Lipinski definition) is 3. The predicted octanol–water partition coefficient (Wildman–Crippen LogP) is 1.83. The summed E-state index contributed by atoms with van der Waals surface area (Å²) in [5.74, 6) is 0.378. The standard InChI is InChI=1S/C14H16N4O2.H2/c1-3-9-5-4-6-10-12(9)17(2)16-13(10)18-8-7-11(19)15-14(18)20;/h4-6H,3,7-8H2,1-2H3,(H,15,19,20);1H.